The van der Waals surface area contributed by atoms with E-state index in [-0.39, 0.29) is 11.9 Å². The van der Waals surface area contributed by atoms with Crippen LogP contribution in [0.1, 0.15) is 33.1 Å². The number of hydrogen-bond acceptors (Lipinski definition) is 2. The van der Waals surface area contributed by atoms with Crippen molar-refractivity contribution in [2.75, 3.05) is 7.11 Å². The zero-order chi connectivity index (χ0) is 10.3. The van der Waals surface area contributed by atoms with Gasteiger partial charge in [0.05, 0.1) is 13.0 Å². The van der Waals surface area contributed by atoms with E-state index in [4.69, 9.17) is 4.74 Å². The number of esters is 1. The summed E-state index contributed by atoms with van der Waals surface area (Å²) < 4.78 is 4.85. The summed E-state index contributed by atoms with van der Waals surface area (Å²) in [7, 11) is 1.50. The summed E-state index contributed by atoms with van der Waals surface area (Å²) in [5, 5.41) is 0. The summed E-state index contributed by atoms with van der Waals surface area (Å²) in [6.07, 6.45) is 3.49. The molecule has 0 N–H and O–H groups in total. The van der Waals surface area contributed by atoms with Gasteiger partial charge in [0.25, 0.3) is 0 Å². The Kier molecular flexibility index (Phi) is 2.38. The fraction of sp³-hybridized carbons (Fsp3) is 0.750. The van der Waals surface area contributed by atoms with Crippen LogP contribution in [0.2, 0.25) is 0 Å². The first-order valence-corrected chi connectivity index (χ1v) is 5.40. The summed E-state index contributed by atoms with van der Waals surface area (Å²) in [6, 6.07) is 0. The minimum Gasteiger partial charge on any atom is -0.469 e. The van der Waals surface area contributed by atoms with Crippen molar-refractivity contribution in [2.24, 2.45) is 17.8 Å². The van der Waals surface area contributed by atoms with Crippen LogP contribution in [0.25, 0.3) is 0 Å². The Morgan fingerprint density at radius 3 is 2.57 bits per heavy atom. The third-order valence-corrected chi connectivity index (χ3v) is 3.77. The fourth-order valence-corrected chi connectivity index (χ4v) is 3.32. The van der Waals surface area contributed by atoms with Crippen molar-refractivity contribution in [1.29, 1.82) is 0 Å². The normalized spacial score (nSPS) is 34.8. The molecule has 0 amide bonds. The van der Waals surface area contributed by atoms with Crippen molar-refractivity contribution in [3.05, 3.63) is 11.1 Å². The van der Waals surface area contributed by atoms with E-state index in [0.717, 1.165) is 6.42 Å². The second-order valence-corrected chi connectivity index (χ2v) is 4.70. The summed E-state index contributed by atoms with van der Waals surface area (Å²) in [6.45, 7) is 4.33. The number of methoxy groups -OCH3 is 1. The Labute approximate surface area is 85.3 Å². The molecule has 0 saturated heterocycles. The van der Waals surface area contributed by atoms with Crippen LogP contribution < -0.4 is 0 Å². The molecule has 0 unspecified atom stereocenters. The maximum absolute atomic E-state index is 11.5. The van der Waals surface area contributed by atoms with Gasteiger partial charge in [0.2, 0.25) is 0 Å². The Bertz CT molecular complexity index is 287. The lowest BCUT2D eigenvalue weighted by Crippen LogP contribution is -2.22. The molecule has 3 atom stereocenters. The second-order valence-electron chi connectivity index (χ2n) is 4.70. The molecule has 2 aliphatic carbocycles. The summed E-state index contributed by atoms with van der Waals surface area (Å²) in [4.78, 5) is 11.5. The minimum absolute atomic E-state index is 0.00375. The molecule has 0 heterocycles. The lowest BCUT2D eigenvalue weighted by atomic mass is 9.88. The molecule has 0 spiro atoms. The van der Waals surface area contributed by atoms with E-state index in [0.29, 0.717) is 11.8 Å². The number of rotatable bonds is 1. The largest absolute Gasteiger partial charge is 0.469 e. The van der Waals surface area contributed by atoms with Crippen LogP contribution in [0.4, 0.5) is 0 Å². The van der Waals surface area contributed by atoms with Gasteiger partial charge >= 0.3 is 5.97 Å². The molecule has 2 nitrogen and oxygen atoms in total. The Morgan fingerprint density at radius 2 is 2.07 bits per heavy atom. The highest BCUT2D eigenvalue weighted by atomic mass is 16.5. The molecule has 0 aromatic rings. The third-order valence-electron chi connectivity index (χ3n) is 3.77. The van der Waals surface area contributed by atoms with Crippen LogP contribution in [0.5, 0.6) is 0 Å². The smallest absolute Gasteiger partial charge is 0.309 e. The van der Waals surface area contributed by atoms with E-state index < -0.39 is 0 Å². The highest BCUT2D eigenvalue weighted by Crippen LogP contribution is 2.53. The van der Waals surface area contributed by atoms with Crippen molar-refractivity contribution < 1.29 is 9.53 Å². The summed E-state index contributed by atoms with van der Waals surface area (Å²) >= 11 is 0. The van der Waals surface area contributed by atoms with Crippen LogP contribution in [-0.2, 0) is 9.53 Å². The molecular formula is C12H18O2. The number of ether oxygens (including phenoxy) is 1. The van der Waals surface area contributed by atoms with Crippen LogP contribution >= 0.6 is 0 Å². The van der Waals surface area contributed by atoms with Crippen LogP contribution in [0, 0.1) is 17.8 Å². The van der Waals surface area contributed by atoms with Crippen LogP contribution in [0.3, 0.4) is 0 Å². The van der Waals surface area contributed by atoms with Gasteiger partial charge < -0.3 is 4.74 Å². The number of carbonyl (C=O) groups is 1. The number of carbonyl (C=O) groups excluding carboxylic acids is 1. The van der Waals surface area contributed by atoms with Crippen molar-refractivity contribution in [1.82, 2.24) is 0 Å². The van der Waals surface area contributed by atoms with Gasteiger partial charge in [0.15, 0.2) is 0 Å². The molecular weight excluding hydrogens is 176 g/mol. The third kappa shape index (κ3) is 1.28. The zero-order valence-corrected chi connectivity index (χ0v) is 9.17. The van der Waals surface area contributed by atoms with Gasteiger partial charge in [-0.05, 0) is 44.9 Å². The van der Waals surface area contributed by atoms with Crippen molar-refractivity contribution in [2.45, 2.75) is 33.1 Å². The Hall–Kier alpha value is -0.790. The molecule has 2 aliphatic rings. The molecule has 0 aromatic heterocycles. The maximum Gasteiger partial charge on any atom is 0.309 e. The topological polar surface area (TPSA) is 26.3 Å². The van der Waals surface area contributed by atoms with Crippen molar-refractivity contribution in [3.63, 3.8) is 0 Å². The van der Waals surface area contributed by atoms with Crippen molar-refractivity contribution in [3.8, 4) is 0 Å². The first-order valence-electron chi connectivity index (χ1n) is 5.40. The molecule has 2 rings (SSSR count). The predicted octanol–water partition coefficient (Wildman–Crippen LogP) is 2.54. The van der Waals surface area contributed by atoms with E-state index in [1.165, 1.54) is 25.5 Å². The lowest BCUT2D eigenvalue weighted by Gasteiger charge is -2.18. The fourth-order valence-electron chi connectivity index (χ4n) is 3.32. The first kappa shape index (κ1) is 9.75. The number of hydrogen-bond donors (Lipinski definition) is 0. The van der Waals surface area contributed by atoms with Crippen LogP contribution in [-0.4, -0.2) is 13.1 Å². The predicted molar refractivity (Wildman–Crippen MR) is 54.7 cm³/mol. The molecule has 2 bridgehead atoms. The molecule has 2 saturated carbocycles. The molecule has 0 aromatic carbocycles. The van der Waals surface area contributed by atoms with Gasteiger partial charge in [-0.1, -0.05) is 11.1 Å². The van der Waals surface area contributed by atoms with Gasteiger partial charge in [-0.15, -0.1) is 0 Å². The number of fused-ring (bicyclic) bond motifs is 2. The van der Waals surface area contributed by atoms with Gasteiger partial charge in [-0.3, -0.25) is 4.79 Å². The average molecular weight is 194 g/mol. The monoisotopic (exact) mass is 194 g/mol. The van der Waals surface area contributed by atoms with E-state index in [1.54, 1.807) is 5.57 Å². The highest BCUT2D eigenvalue weighted by Gasteiger charge is 2.47. The average Bonchev–Trinajstić information content (AvgIpc) is 2.72. The van der Waals surface area contributed by atoms with Gasteiger partial charge in [-0.2, -0.15) is 0 Å². The molecule has 0 aliphatic heterocycles. The zero-order valence-electron chi connectivity index (χ0n) is 9.17. The van der Waals surface area contributed by atoms with Gasteiger partial charge in [0.1, 0.15) is 0 Å². The lowest BCUT2D eigenvalue weighted by molar-refractivity contribution is -0.147. The maximum atomic E-state index is 11.5. The summed E-state index contributed by atoms with van der Waals surface area (Å²) in [5.41, 5.74) is 2.98. The molecule has 2 fully saturated rings. The molecule has 2 heteroatoms. The first-order chi connectivity index (χ1) is 6.65. The van der Waals surface area contributed by atoms with Gasteiger partial charge in [0, 0.05) is 0 Å². The molecule has 78 valence electrons. The van der Waals surface area contributed by atoms with Crippen LogP contribution in [0.15, 0.2) is 11.1 Å². The standard InChI is InChI=1S/C12H18O2/c1-7(2)11-8-4-5-9(11)10(6-8)12(13)14-3/h8-10H,4-6H2,1-3H3/t8-,9+,10+/m1/s1. The van der Waals surface area contributed by atoms with E-state index >= 15 is 0 Å². The van der Waals surface area contributed by atoms with Gasteiger partial charge in [-0.25, -0.2) is 0 Å². The quantitative estimate of drug-likeness (QED) is 0.473. The van der Waals surface area contributed by atoms with E-state index in [2.05, 4.69) is 13.8 Å². The van der Waals surface area contributed by atoms with Crippen molar-refractivity contribution >= 4 is 5.97 Å². The summed E-state index contributed by atoms with van der Waals surface area (Å²) in [5.74, 6) is 1.33. The molecule has 14 heavy (non-hydrogen) atoms. The SMILES string of the molecule is COC(=O)[C@H]1C[C@H]2CC[C@@H]1C2=C(C)C. The highest BCUT2D eigenvalue weighted by molar-refractivity contribution is 5.74. The van der Waals surface area contributed by atoms with E-state index in [1.807, 2.05) is 0 Å². The molecule has 0 radical (unpaired) electrons. The Balaban J connectivity index is 2.24. The second kappa shape index (κ2) is 3.41. The van der Waals surface area contributed by atoms with E-state index in [9.17, 15) is 4.79 Å². The minimum atomic E-state index is -0.00375. The number of allylic oxidation sites excluding steroid dienone is 2. The Morgan fingerprint density at radius 1 is 1.36 bits per heavy atom.